The van der Waals surface area contributed by atoms with E-state index in [1.165, 1.54) is 19.1 Å². The first-order valence-corrected chi connectivity index (χ1v) is 9.05. The quantitative estimate of drug-likeness (QED) is 0.614. The summed E-state index contributed by atoms with van der Waals surface area (Å²) in [6, 6.07) is 11.2. The molecule has 10 heteroatoms. The molecule has 0 aliphatic heterocycles. The fraction of sp³-hybridized carbons (Fsp3) is 0.222. The number of carbonyl (C=O) groups excluding carboxylic acids is 2. The van der Waals surface area contributed by atoms with Crippen LogP contribution in [0, 0.1) is 0 Å². The Bertz CT molecular complexity index is 801. The van der Waals surface area contributed by atoms with Crippen molar-refractivity contribution in [2.75, 3.05) is 38.9 Å². The highest BCUT2D eigenvalue weighted by Crippen LogP contribution is 2.25. The van der Waals surface area contributed by atoms with Gasteiger partial charge in [-0.05, 0) is 42.5 Å². The standard InChI is InChI=1S/C9H10Cl2N2O2.C9H11ClN2O/c1-13(15-2)9(14)12-6-3-4-7(10)8(11)5-6;1-12(2)9(13)11-8-5-3-7(10)4-6-8/h3-5H,1-2H3,(H,12,14);3-6H,1-2H3,(H,11,13). The molecule has 0 saturated carbocycles. The second-order valence-corrected chi connectivity index (χ2v) is 6.82. The van der Waals surface area contributed by atoms with Gasteiger partial charge in [-0.2, -0.15) is 0 Å². The first-order chi connectivity index (χ1) is 13.1. The van der Waals surface area contributed by atoms with Crippen molar-refractivity contribution in [3.63, 3.8) is 0 Å². The van der Waals surface area contributed by atoms with Crippen LogP contribution in [0.1, 0.15) is 0 Å². The van der Waals surface area contributed by atoms with E-state index in [1.54, 1.807) is 56.6 Å². The molecule has 0 aromatic heterocycles. The third kappa shape index (κ3) is 8.22. The van der Waals surface area contributed by atoms with Crippen LogP contribution in [0.4, 0.5) is 21.0 Å². The second kappa shape index (κ2) is 11.6. The molecule has 0 radical (unpaired) electrons. The average Bonchev–Trinajstić information content (AvgIpc) is 2.66. The van der Waals surface area contributed by atoms with Gasteiger partial charge in [0.15, 0.2) is 0 Å². The summed E-state index contributed by atoms with van der Waals surface area (Å²) in [5.41, 5.74) is 1.29. The second-order valence-electron chi connectivity index (χ2n) is 5.57. The Labute approximate surface area is 179 Å². The van der Waals surface area contributed by atoms with Gasteiger partial charge in [-0.1, -0.05) is 34.8 Å². The zero-order valence-electron chi connectivity index (χ0n) is 15.8. The van der Waals surface area contributed by atoms with E-state index in [2.05, 4.69) is 10.6 Å². The molecule has 28 heavy (non-hydrogen) atoms. The summed E-state index contributed by atoms with van der Waals surface area (Å²) in [6.45, 7) is 0. The number of urea groups is 2. The molecule has 2 N–H and O–H groups in total. The number of anilines is 2. The Morgan fingerprint density at radius 1 is 0.821 bits per heavy atom. The molecular formula is C18H21Cl3N4O3. The van der Waals surface area contributed by atoms with Crippen LogP contribution in [0.2, 0.25) is 15.1 Å². The van der Waals surface area contributed by atoms with E-state index >= 15 is 0 Å². The molecule has 2 aromatic carbocycles. The van der Waals surface area contributed by atoms with Gasteiger partial charge in [0.1, 0.15) is 0 Å². The first-order valence-electron chi connectivity index (χ1n) is 7.91. The fourth-order valence-corrected chi connectivity index (χ4v) is 2.05. The van der Waals surface area contributed by atoms with E-state index in [1.807, 2.05) is 0 Å². The van der Waals surface area contributed by atoms with Gasteiger partial charge >= 0.3 is 12.1 Å². The van der Waals surface area contributed by atoms with Gasteiger partial charge in [-0.3, -0.25) is 4.84 Å². The van der Waals surface area contributed by atoms with E-state index in [9.17, 15) is 9.59 Å². The monoisotopic (exact) mass is 446 g/mol. The maximum Gasteiger partial charge on any atom is 0.345 e. The van der Waals surface area contributed by atoms with E-state index in [4.69, 9.17) is 39.6 Å². The third-order valence-electron chi connectivity index (χ3n) is 3.23. The number of hydrogen-bond donors (Lipinski definition) is 2. The normalized spacial score (nSPS) is 9.68. The van der Waals surface area contributed by atoms with Crippen molar-refractivity contribution in [2.45, 2.75) is 0 Å². The van der Waals surface area contributed by atoms with Crippen LogP contribution >= 0.6 is 34.8 Å². The molecule has 0 fully saturated rings. The molecule has 2 rings (SSSR count). The zero-order chi connectivity index (χ0) is 21.3. The summed E-state index contributed by atoms with van der Waals surface area (Å²) in [5, 5.41) is 7.81. The summed E-state index contributed by atoms with van der Waals surface area (Å²) in [5.74, 6) is 0. The number of nitrogens with zero attached hydrogens (tertiary/aromatic N) is 2. The number of halogens is 3. The van der Waals surface area contributed by atoms with Crippen LogP contribution < -0.4 is 10.6 Å². The Hall–Kier alpha value is -2.19. The van der Waals surface area contributed by atoms with Gasteiger partial charge in [0, 0.05) is 37.5 Å². The van der Waals surface area contributed by atoms with Crippen molar-refractivity contribution in [1.29, 1.82) is 0 Å². The predicted molar refractivity (Wildman–Crippen MR) is 114 cm³/mol. The summed E-state index contributed by atoms with van der Waals surface area (Å²) >= 11 is 17.2. The van der Waals surface area contributed by atoms with E-state index in [0.29, 0.717) is 20.8 Å². The lowest BCUT2D eigenvalue weighted by Crippen LogP contribution is -2.30. The SMILES string of the molecule is CN(C)C(=O)Nc1ccc(Cl)cc1.CON(C)C(=O)Nc1ccc(Cl)c(Cl)c1. The van der Waals surface area contributed by atoms with Crippen molar-refractivity contribution >= 4 is 58.2 Å². The summed E-state index contributed by atoms with van der Waals surface area (Å²) < 4.78 is 0. The average molecular weight is 448 g/mol. The van der Waals surface area contributed by atoms with Crippen molar-refractivity contribution < 1.29 is 14.4 Å². The molecule has 0 bridgehead atoms. The third-order valence-corrected chi connectivity index (χ3v) is 4.22. The van der Waals surface area contributed by atoms with Gasteiger partial charge in [-0.25, -0.2) is 14.7 Å². The number of hydrogen-bond acceptors (Lipinski definition) is 3. The maximum absolute atomic E-state index is 11.4. The predicted octanol–water partition coefficient (Wildman–Crippen LogP) is 5.45. The molecular weight excluding hydrogens is 427 g/mol. The molecule has 0 atom stereocenters. The van der Waals surface area contributed by atoms with Crippen LogP contribution in [-0.4, -0.2) is 50.3 Å². The highest BCUT2D eigenvalue weighted by Gasteiger charge is 2.08. The molecule has 0 unspecified atom stereocenters. The number of benzene rings is 2. The fourth-order valence-electron chi connectivity index (χ4n) is 1.63. The number of carbonyl (C=O) groups is 2. The molecule has 0 saturated heterocycles. The lowest BCUT2D eigenvalue weighted by Gasteiger charge is -2.14. The summed E-state index contributed by atoms with van der Waals surface area (Å²) in [7, 11) is 6.26. The summed E-state index contributed by atoms with van der Waals surface area (Å²) in [6.07, 6.45) is 0. The van der Waals surface area contributed by atoms with Crippen LogP contribution in [0.15, 0.2) is 42.5 Å². The Balaban J connectivity index is 0.000000283. The van der Waals surface area contributed by atoms with Crippen LogP contribution in [-0.2, 0) is 4.84 Å². The first kappa shape index (κ1) is 23.8. The molecule has 0 aliphatic rings. The van der Waals surface area contributed by atoms with E-state index in [0.717, 1.165) is 10.8 Å². The van der Waals surface area contributed by atoms with E-state index in [-0.39, 0.29) is 6.03 Å². The lowest BCUT2D eigenvalue weighted by molar-refractivity contribution is -0.0598. The maximum atomic E-state index is 11.4. The highest BCUT2D eigenvalue weighted by atomic mass is 35.5. The van der Waals surface area contributed by atoms with Gasteiger partial charge in [0.25, 0.3) is 0 Å². The van der Waals surface area contributed by atoms with Gasteiger partial charge in [0.2, 0.25) is 0 Å². The number of nitrogens with one attached hydrogen (secondary N) is 2. The molecule has 2 aromatic rings. The smallest absolute Gasteiger partial charge is 0.331 e. The Morgan fingerprint density at radius 3 is 1.86 bits per heavy atom. The van der Waals surface area contributed by atoms with Crippen molar-refractivity contribution in [3.05, 3.63) is 57.5 Å². The minimum Gasteiger partial charge on any atom is -0.331 e. The number of rotatable bonds is 3. The molecule has 0 heterocycles. The molecule has 0 aliphatic carbocycles. The van der Waals surface area contributed by atoms with E-state index < -0.39 is 6.03 Å². The molecule has 0 spiro atoms. The number of hydroxylamine groups is 2. The topological polar surface area (TPSA) is 73.9 Å². The van der Waals surface area contributed by atoms with Crippen LogP contribution in [0.5, 0.6) is 0 Å². The Kier molecular flexibility index (Phi) is 9.89. The minimum absolute atomic E-state index is 0.151. The van der Waals surface area contributed by atoms with Crippen molar-refractivity contribution in [1.82, 2.24) is 9.96 Å². The molecule has 4 amide bonds. The molecule has 7 nitrogen and oxygen atoms in total. The lowest BCUT2D eigenvalue weighted by atomic mass is 10.3. The zero-order valence-corrected chi connectivity index (χ0v) is 18.1. The van der Waals surface area contributed by atoms with Crippen molar-refractivity contribution in [2.24, 2.45) is 0 Å². The van der Waals surface area contributed by atoms with Crippen molar-refractivity contribution in [3.8, 4) is 0 Å². The highest BCUT2D eigenvalue weighted by molar-refractivity contribution is 6.42. The van der Waals surface area contributed by atoms with Gasteiger partial charge < -0.3 is 15.5 Å². The van der Waals surface area contributed by atoms with Gasteiger partial charge in [0.05, 0.1) is 17.2 Å². The number of amides is 4. The minimum atomic E-state index is -0.393. The van der Waals surface area contributed by atoms with Crippen LogP contribution in [0.25, 0.3) is 0 Å². The Morgan fingerprint density at radius 2 is 1.36 bits per heavy atom. The van der Waals surface area contributed by atoms with Gasteiger partial charge in [-0.15, -0.1) is 0 Å². The van der Waals surface area contributed by atoms with Crippen LogP contribution in [0.3, 0.4) is 0 Å². The largest absolute Gasteiger partial charge is 0.345 e. The molecule has 152 valence electrons. The summed E-state index contributed by atoms with van der Waals surface area (Å²) in [4.78, 5) is 28.7.